The third-order valence-corrected chi connectivity index (χ3v) is 5.07. The molecule has 2 aromatic carbocycles. The quantitative estimate of drug-likeness (QED) is 0.783. The average Bonchev–Trinajstić information content (AvgIpc) is 2.73. The fourth-order valence-corrected chi connectivity index (χ4v) is 3.55. The summed E-state index contributed by atoms with van der Waals surface area (Å²) in [4.78, 5) is 38.4. The van der Waals surface area contributed by atoms with E-state index in [-0.39, 0.29) is 24.8 Å². The molecule has 0 aromatic heterocycles. The Morgan fingerprint density at radius 3 is 2.45 bits per heavy atom. The van der Waals surface area contributed by atoms with Gasteiger partial charge in [-0.3, -0.25) is 14.4 Å². The van der Waals surface area contributed by atoms with Crippen molar-refractivity contribution in [2.75, 3.05) is 13.1 Å². The summed E-state index contributed by atoms with van der Waals surface area (Å²) >= 11 is 0. The number of piperidine rings is 1. The van der Waals surface area contributed by atoms with Gasteiger partial charge >= 0.3 is 5.97 Å². The van der Waals surface area contributed by atoms with Gasteiger partial charge in [-0.25, -0.2) is 4.39 Å². The molecule has 3 rings (SSSR count). The van der Waals surface area contributed by atoms with Crippen LogP contribution in [0.15, 0.2) is 54.6 Å². The Balaban J connectivity index is 1.68. The van der Waals surface area contributed by atoms with Crippen LogP contribution in [0, 0.1) is 11.7 Å². The SMILES string of the molecule is O=C(O)CC(NC(=O)C1CCCN(C(=O)c2ccccc2)C1)c1ccc(F)cc1. The van der Waals surface area contributed by atoms with Gasteiger partial charge in [-0.2, -0.15) is 0 Å². The lowest BCUT2D eigenvalue weighted by Crippen LogP contribution is -2.46. The molecule has 2 atom stereocenters. The highest BCUT2D eigenvalue weighted by Gasteiger charge is 2.30. The number of carbonyl (C=O) groups excluding carboxylic acids is 2. The number of amides is 2. The number of likely N-dealkylation sites (tertiary alicyclic amines) is 1. The fraction of sp³-hybridized carbons (Fsp3) is 0.318. The van der Waals surface area contributed by atoms with Gasteiger partial charge in [0.25, 0.3) is 5.91 Å². The van der Waals surface area contributed by atoms with Crippen LogP contribution in [0.25, 0.3) is 0 Å². The van der Waals surface area contributed by atoms with Crippen LogP contribution >= 0.6 is 0 Å². The summed E-state index contributed by atoms with van der Waals surface area (Å²) in [5.74, 6) is -2.34. The van der Waals surface area contributed by atoms with Gasteiger partial charge in [0.05, 0.1) is 18.4 Å². The van der Waals surface area contributed by atoms with Crippen LogP contribution in [0.1, 0.15) is 41.2 Å². The first-order chi connectivity index (χ1) is 13.9. The molecule has 1 saturated heterocycles. The van der Waals surface area contributed by atoms with Crippen LogP contribution in [0.5, 0.6) is 0 Å². The standard InChI is InChI=1S/C22H23FN2O4/c23-18-10-8-15(9-11-18)19(13-20(26)27)24-21(28)17-7-4-12-25(14-17)22(29)16-5-2-1-3-6-16/h1-3,5-6,8-11,17,19H,4,7,12-14H2,(H,24,28)(H,26,27). The maximum Gasteiger partial charge on any atom is 0.305 e. The van der Waals surface area contributed by atoms with E-state index in [1.807, 2.05) is 6.07 Å². The summed E-state index contributed by atoms with van der Waals surface area (Å²) in [6, 6.07) is 13.5. The molecule has 0 bridgehead atoms. The largest absolute Gasteiger partial charge is 0.481 e. The molecule has 0 saturated carbocycles. The zero-order chi connectivity index (χ0) is 20.8. The highest BCUT2D eigenvalue weighted by Crippen LogP contribution is 2.22. The first-order valence-corrected chi connectivity index (χ1v) is 9.56. The monoisotopic (exact) mass is 398 g/mol. The summed E-state index contributed by atoms with van der Waals surface area (Å²) in [6.45, 7) is 0.858. The van der Waals surface area contributed by atoms with Crippen molar-refractivity contribution in [2.24, 2.45) is 5.92 Å². The highest BCUT2D eigenvalue weighted by molar-refractivity contribution is 5.94. The second-order valence-corrected chi connectivity index (χ2v) is 7.17. The van der Waals surface area contributed by atoms with E-state index in [9.17, 15) is 23.9 Å². The first kappa shape index (κ1) is 20.5. The molecule has 152 valence electrons. The molecule has 7 heteroatoms. The van der Waals surface area contributed by atoms with E-state index < -0.39 is 23.7 Å². The van der Waals surface area contributed by atoms with Crippen molar-refractivity contribution in [3.63, 3.8) is 0 Å². The maximum atomic E-state index is 13.2. The average molecular weight is 398 g/mol. The van der Waals surface area contributed by atoms with E-state index in [2.05, 4.69) is 5.32 Å². The minimum Gasteiger partial charge on any atom is -0.481 e. The minimum atomic E-state index is -1.07. The van der Waals surface area contributed by atoms with Crippen LogP contribution in [0.3, 0.4) is 0 Å². The van der Waals surface area contributed by atoms with Crippen molar-refractivity contribution in [2.45, 2.75) is 25.3 Å². The molecule has 1 heterocycles. The number of aliphatic carboxylic acids is 1. The highest BCUT2D eigenvalue weighted by atomic mass is 19.1. The van der Waals surface area contributed by atoms with Crippen LogP contribution in [0.2, 0.25) is 0 Å². The molecule has 1 fully saturated rings. The van der Waals surface area contributed by atoms with Gasteiger partial charge in [0.15, 0.2) is 0 Å². The second kappa shape index (κ2) is 9.32. The van der Waals surface area contributed by atoms with Crippen molar-refractivity contribution in [1.82, 2.24) is 10.2 Å². The molecule has 0 radical (unpaired) electrons. The van der Waals surface area contributed by atoms with Gasteiger partial charge in [0.2, 0.25) is 5.91 Å². The topological polar surface area (TPSA) is 86.7 Å². The van der Waals surface area contributed by atoms with Crippen molar-refractivity contribution in [3.05, 3.63) is 71.5 Å². The first-order valence-electron chi connectivity index (χ1n) is 9.56. The van der Waals surface area contributed by atoms with E-state index >= 15 is 0 Å². The molecule has 1 aliphatic heterocycles. The van der Waals surface area contributed by atoms with Crippen LogP contribution < -0.4 is 5.32 Å². The van der Waals surface area contributed by atoms with Gasteiger partial charge in [0.1, 0.15) is 5.82 Å². The molecule has 6 nitrogen and oxygen atoms in total. The molecule has 2 aromatic rings. The smallest absolute Gasteiger partial charge is 0.305 e. The molecule has 2 amide bonds. The normalized spacial score (nSPS) is 17.4. The number of carboxylic acids is 1. The Bertz CT molecular complexity index is 870. The number of halogens is 1. The number of nitrogens with one attached hydrogen (secondary N) is 1. The van der Waals surface area contributed by atoms with Crippen molar-refractivity contribution in [1.29, 1.82) is 0 Å². The lowest BCUT2D eigenvalue weighted by Gasteiger charge is -2.33. The van der Waals surface area contributed by atoms with Crippen LogP contribution in [-0.4, -0.2) is 40.9 Å². The lowest BCUT2D eigenvalue weighted by atomic mass is 9.95. The molecule has 0 spiro atoms. The predicted molar refractivity (Wildman–Crippen MR) is 105 cm³/mol. The number of hydrogen-bond acceptors (Lipinski definition) is 3. The van der Waals surface area contributed by atoms with Crippen molar-refractivity contribution < 1.29 is 23.9 Å². The number of carbonyl (C=O) groups is 3. The predicted octanol–water partition coefficient (Wildman–Crippen LogP) is 3.01. The Hall–Kier alpha value is -3.22. The van der Waals surface area contributed by atoms with Gasteiger partial charge < -0.3 is 15.3 Å². The third-order valence-electron chi connectivity index (χ3n) is 5.07. The second-order valence-electron chi connectivity index (χ2n) is 7.17. The Kier molecular flexibility index (Phi) is 6.59. The van der Waals surface area contributed by atoms with Gasteiger partial charge in [-0.05, 0) is 42.7 Å². The molecular formula is C22H23FN2O4. The zero-order valence-electron chi connectivity index (χ0n) is 15.9. The minimum absolute atomic E-state index is 0.122. The lowest BCUT2D eigenvalue weighted by molar-refractivity contribution is -0.138. The zero-order valence-corrected chi connectivity index (χ0v) is 15.9. The number of benzene rings is 2. The Morgan fingerprint density at radius 2 is 1.79 bits per heavy atom. The van der Waals surface area contributed by atoms with Crippen molar-refractivity contribution in [3.8, 4) is 0 Å². The van der Waals surface area contributed by atoms with E-state index in [0.717, 1.165) is 0 Å². The molecular weight excluding hydrogens is 375 g/mol. The van der Waals surface area contributed by atoms with Crippen molar-refractivity contribution >= 4 is 17.8 Å². The molecule has 1 aliphatic rings. The van der Waals surface area contributed by atoms with E-state index in [1.165, 1.54) is 24.3 Å². The molecule has 0 aliphatic carbocycles. The van der Waals surface area contributed by atoms with Gasteiger partial charge in [-0.1, -0.05) is 30.3 Å². The van der Waals surface area contributed by atoms with Gasteiger partial charge in [0, 0.05) is 18.7 Å². The number of carboxylic acid groups (broad SMARTS) is 1. The molecule has 29 heavy (non-hydrogen) atoms. The summed E-state index contributed by atoms with van der Waals surface area (Å²) < 4.78 is 13.2. The summed E-state index contributed by atoms with van der Waals surface area (Å²) in [7, 11) is 0. The summed E-state index contributed by atoms with van der Waals surface area (Å²) in [5.41, 5.74) is 1.10. The van der Waals surface area contributed by atoms with Crippen LogP contribution in [0.4, 0.5) is 4.39 Å². The third kappa shape index (κ3) is 5.40. The maximum absolute atomic E-state index is 13.2. The molecule has 2 unspecified atom stereocenters. The molecule has 2 N–H and O–H groups in total. The number of rotatable bonds is 6. The van der Waals surface area contributed by atoms with E-state index in [0.29, 0.717) is 30.5 Å². The number of hydrogen-bond donors (Lipinski definition) is 2. The van der Waals surface area contributed by atoms with E-state index in [1.54, 1.807) is 29.2 Å². The van der Waals surface area contributed by atoms with E-state index in [4.69, 9.17) is 0 Å². The fourth-order valence-electron chi connectivity index (χ4n) is 3.55. The summed E-state index contributed by atoms with van der Waals surface area (Å²) in [6.07, 6.45) is 1.00. The summed E-state index contributed by atoms with van der Waals surface area (Å²) in [5, 5.41) is 12.0. The number of nitrogens with zero attached hydrogens (tertiary/aromatic N) is 1. The Labute approximate surface area is 168 Å². The van der Waals surface area contributed by atoms with Gasteiger partial charge in [-0.15, -0.1) is 0 Å². The Morgan fingerprint density at radius 1 is 1.10 bits per heavy atom. The van der Waals surface area contributed by atoms with Crippen LogP contribution in [-0.2, 0) is 9.59 Å².